The maximum Gasteiger partial charge on any atom is 0.156 e. The lowest BCUT2D eigenvalue weighted by Crippen LogP contribution is -2.43. The van der Waals surface area contributed by atoms with Gasteiger partial charge in [0.25, 0.3) is 0 Å². The number of ether oxygens (including phenoxy) is 1. The number of benzene rings is 1. The largest absolute Gasteiger partial charge is 0.487 e. The highest BCUT2D eigenvalue weighted by molar-refractivity contribution is 6.37. The van der Waals surface area contributed by atoms with E-state index in [2.05, 4.69) is 12.2 Å². The zero-order valence-corrected chi connectivity index (χ0v) is 12.2. The molecule has 0 fully saturated rings. The third-order valence-electron chi connectivity index (χ3n) is 2.38. The number of halogens is 2. The van der Waals surface area contributed by atoms with Crippen LogP contribution in [-0.2, 0) is 0 Å². The van der Waals surface area contributed by atoms with E-state index in [1.165, 1.54) is 0 Å². The van der Waals surface area contributed by atoms with Crippen LogP contribution in [0.5, 0.6) is 5.75 Å². The van der Waals surface area contributed by atoms with Gasteiger partial charge in [0.1, 0.15) is 12.2 Å². The van der Waals surface area contributed by atoms with Crippen molar-refractivity contribution < 1.29 is 9.84 Å². The normalized spacial score (nSPS) is 14.3. The molecule has 0 aromatic heterocycles. The van der Waals surface area contributed by atoms with Gasteiger partial charge in [0.05, 0.1) is 10.0 Å². The first-order valence-corrected chi connectivity index (χ1v) is 6.72. The standard InChI is InChI=1S/C13H19Cl2NO2/c1-3-7-16-8-13(2,17)9-18-12-10(14)5-4-6-11(12)15/h4-6,16-17H,3,7-9H2,1-2H3. The van der Waals surface area contributed by atoms with Gasteiger partial charge in [-0.2, -0.15) is 0 Å². The Morgan fingerprint density at radius 2 is 1.94 bits per heavy atom. The average molecular weight is 292 g/mol. The fourth-order valence-corrected chi connectivity index (χ4v) is 1.94. The highest BCUT2D eigenvalue weighted by atomic mass is 35.5. The van der Waals surface area contributed by atoms with Gasteiger partial charge in [0, 0.05) is 6.54 Å². The molecule has 0 aliphatic carbocycles. The smallest absolute Gasteiger partial charge is 0.156 e. The van der Waals surface area contributed by atoms with Crippen LogP contribution in [0.15, 0.2) is 18.2 Å². The molecular formula is C13H19Cl2NO2. The zero-order chi connectivity index (χ0) is 13.6. The van der Waals surface area contributed by atoms with E-state index in [1.54, 1.807) is 25.1 Å². The van der Waals surface area contributed by atoms with Gasteiger partial charge in [-0.05, 0) is 32.0 Å². The first-order valence-electron chi connectivity index (χ1n) is 5.96. The number of hydrogen-bond acceptors (Lipinski definition) is 3. The number of aliphatic hydroxyl groups is 1. The molecule has 102 valence electrons. The van der Waals surface area contributed by atoms with Gasteiger partial charge < -0.3 is 15.2 Å². The summed E-state index contributed by atoms with van der Waals surface area (Å²) in [5, 5.41) is 14.1. The third-order valence-corrected chi connectivity index (χ3v) is 2.97. The van der Waals surface area contributed by atoms with E-state index in [4.69, 9.17) is 27.9 Å². The summed E-state index contributed by atoms with van der Waals surface area (Å²) in [5.41, 5.74) is -0.961. The van der Waals surface area contributed by atoms with E-state index in [-0.39, 0.29) is 6.61 Å². The second-order valence-electron chi connectivity index (χ2n) is 4.51. The summed E-state index contributed by atoms with van der Waals surface area (Å²) in [6.07, 6.45) is 1.02. The Morgan fingerprint density at radius 1 is 1.33 bits per heavy atom. The van der Waals surface area contributed by atoms with Crippen molar-refractivity contribution in [2.45, 2.75) is 25.9 Å². The predicted octanol–water partition coefficient (Wildman–Crippen LogP) is 3.12. The molecule has 0 heterocycles. The molecule has 0 saturated carbocycles. The molecule has 2 N–H and O–H groups in total. The lowest BCUT2D eigenvalue weighted by atomic mass is 10.1. The molecule has 1 aromatic carbocycles. The highest BCUT2D eigenvalue weighted by Crippen LogP contribution is 2.32. The second kappa shape index (κ2) is 7.19. The third kappa shape index (κ3) is 5.02. The van der Waals surface area contributed by atoms with Crippen LogP contribution in [0.1, 0.15) is 20.3 Å². The number of para-hydroxylation sites is 1. The Hall–Kier alpha value is -0.480. The maximum absolute atomic E-state index is 10.1. The molecule has 1 atom stereocenters. The predicted molar refractivity (Wildman–Crippen MR) is 75.7 cm³/mol. The molecule has 5 heteroatoms. The lowest BCUT2D eigenvalue weighted by molar-refractivity contribution is 0.0125. The lowest BCUT2D eigenvalue weighted by Gasteiger charge is -2.24. The molecule has 3 nitrogen and oxygen atoms in total. The number of nitrogens with one attached hydrogen (secondary N) is 1. The van der Waals surface area contributed by atoms with Crippen molar-refractivity contribution in [3.8, 4) is 5.75 Å². The van der Waals surface area contributed by atoms with Crippen LogP contribution in [0.2, 0.25) is 10.0 Å². The molecule has 0 aliphatic rings. The fourth-order valence-electron chi connectivity index (χ4n) is 1.43. The molecular weight excluding hydrogens is 273 g/mol. The van der Waals surface area contributed by atoms with E-state index in [1.807, 2.05) is 0 Å². The van der Waals surface area contributed by atoms with E-state index in [0.29, 0.717) is 22.3 Å². The molecule has 0 bridgehead atoms. The zero-order valence-electron chi connectivity index (χ0n) is 10.7. The second-order valence-corrected chi connectivity index (χ2v) is 5.33. The number of rotatable bonds is 7. The summed E-state index contributed by atoms with van der Waals surface area (Å²) in [5.74, 6) is 0.414. The van der Waals surface area contributed by atoms with E-state index >= 15 is 0 Å². The molecule has 0 saturated heterocycles. The van der Waals surface area contributed by atoms with E-state index in [0.717, 1.165) is 13.0 Å². The van der Waals surface area contributed by atoms with Crippen molar-refractivity contribution in [2.75, 3.05) is 19.7 Å². The van der Waals surface area contributed by atoms with E-state index < -0.39 is 5.60 Å². The minimum Gasteiger partial charge on any atom is -0.487 e. The first kappa shape index (κ1) is 15.6. The molecule has 1 unspecified atom stereocenters. The summed E-state index contributed by atoms with van der Waals surface area (Å²) >= 11 is 12.0. The highest BCUT2D eigenvalue weighted by Gasteiger charge is 2.22. The van der Waals surface area contributed by atoms with Crippen molar-refractivity contribution in [2.24, 2.45) is 0 Å². The molecule has 1 aromatic rings. The van der Waals surface area contributed by atoms with Gasteiger partial charge >= 0.3 is 0 Å². The van der Waals surface area contributed by atoms with Crippen LogP contribution in [-0.4, -0.2) is 30.4 Å². The monoisotopic (exact) mass is 291 g/mol. The molecule has 0 amide bonds. The summed E-state index contributed by atoms with van der Waals surface area (Å²) in [6, 6.07) is 5.15. The summed E-state index contributed by atoms with van der Waals surface area (Å²) < 4.78 is 5.51. The molecule has 18 heavy (non-hydrogen) atoms. The van der Waals surface area contributed by atoms with Crippen molar-refractivity contribution >= 4 is 23.2 Å². The fraction of sp³-hybridized carbons (Fsp3) is 0.538. The van der Waals surface area contributed by atoms with E-state index in [9.17, 15) is 5.11 Å². The molecule has 0 radical (unpaired) electrons. The summed E-state index contributed by atoms with van der Waals surface area (Å²) in [4.78, 5) is 0. The molecule has 0 aliphatic heterocycles. The SMILES string of the molecule is CCCNCC(C)(O)COc1c(Cl)cccc1Cl. The Bertz CT molecular complexity index is 363. The van der Waals surface area contributed by atoms with Gasteiger partial charge in [0.2, 0.25) is 0 Å². The van der Waals surface area contributed by atoms with Crippen molar-refractivity contribution in [1.29, 1.82) is 0 Å². The molecule has 0 spiro atoms. The Morgan fingerprint density at radius 3 is 2.50 bits per heavy atom. The Labute approximate surface area is 118 Å². The van der Waals surface area contributed by atoms with Crippen LogP contribution in [0, 0.1) is 0 Å². The van der Waals surface area contributed by atoms with Crippen molar-refractivity contribution in [1.82, 2.24) is 5.32 Å². The Kier molecular flexibility index (Phi) is 6.22. The van der Waals surface area contributed by atoms with Crippen LogP contribution in [0.25, 0.3) is 0 Å². The van der Waals surface area contributed by atoms with Crippen molar-refractivity contribution in [3.63, 3.8) is 0 Å². The Balaban J connectivity index is 2.53. The van der Waals surface area contributed by atoms with Gasteiger partial charge in [-0.3, -0.25) is 0 Å². The van der Waals surface area contributed by atoms with Gasteiger partial charge in [0.15, 0.2) is 5.75 Å². The topological polar surface area (TPSA) is 41.5 Å². The van der Waals surface area contributed by atoms with Gasteiger partial charge in [-0.15, -0.1) is 0 Å². The maximum atomic E-state index is 10.1. The van der Waals surface area contributed by atoms with Crippen LogP contribution in [0.3, 0.4) is 0 Å². The van der Waals surface area contributed by atoms with Gasteiger partial charge in [-0.25, -0.2) is 0 Å². The van der Waals surface area contributed by atoms with Crippen LogP contribution < -0.4 is 10.1 Å². The summed E-state index contributed by atoms with van der Waals surface area (Å²) in [7, 11) is 0. The minimum atomic E-state index is -0.961. The molecule has 1 rings (SSSR count). The van der Waals surface area contributed by atoms with Gasteiger partial charge in [-0.1, -0.05) is 36.2 Å². The minimum absolute atomic E-state index is 0.132. The number of hydrogen-bond donors (Lipinski definition) is 2. The van der Waals surface area contributed by atoms with Crippen LogP contribution >= 0.6 is 23.2 Å². The first-order chi connectivity index (χ1) is 8.46. The average Bonchev–Trinajstić information content (AvgIpc) is 2.28. The van der Waals surface area contributed by atoms with Crippen molar-refractivity contribution in [3.05, 3.63) is 28.2 Å². The van der Waals surface area contributed by atoms with Crippen LogP contribution in [0.4, 0.5) is 0 Å². The quantitative estimate of drug-likeness (QED) is 0.759. The summed E-state index contributed by atoms with van der Waals surface area (Å²) in [6.45, 7) is 5.24.